The minimum atomic E-state index is -0.603. The summed E-state index contributed by atoms with van der Waals surface area (Å²) < 4.78 is 9.16. The third-order valence-corrected chi connectivity index (χ3v) is 0.962. The predicted octanol–water partition coefficient (Wildman–Crippen LogP) is 2.13. The Morgan fingerprint density at radius 2 is 2.00 bits per heavy atom. The molecule has 0 saturated heterocycles. The Morgan fingerprint density at radius 1 is 1.27 bits per heavy atom. The van der Waals surface area contributed by atoms with E-state index in [4.69, 9.17) is 0 Å². The molecular weight excluding hydrogens is 144 g/mol. The predicted molar refractivity (Wildman–Crippen MR) is 42.4 cm³/mol. The molecule has 0 aromatic rings. The van der Waals surface area contributed by atoms with Crippen LogP contribution in [0.5, 0.6) is 0 Å². The molecule has 0 fully saturated rings. The van der Waals surface area contributed by atoms with Gasteiger partial charge in [-0.2, -0.15) is 0 Å². The van der Waals surface area contributed by atoms with Gasteiger partial charge in [-0.05, 0) is 13.3 Å². The van der Waals surface area contributed by atoms with Gasteiger partial charge in [-0.15, -0.1) is 0 Å². The molecule has 0 unspecified atom stereocenters. The first-order valence-corrected chi connectivity index (χ1v) is 3.75. The molecule has 0 amide bonds. The van der Waals surface area contributed by atoms with Crippen LogP contribution in [0, 0.1) is 0 Å². The van der Waals surface area contributed by atoms with E-state index >= 15 is 0 Å². The van der Waals surface area contributed by atoms with E-state index in [0.29, 0.717) is 13.2 Å². The molecule has 0 spiro atoms. The Balaban J connectivity index is 3.24. The first-order chi connectivity index (χ1) is 5.31. The van der Waals surface area contributed by atoms with Crippen LogP contribution in [0.4, 0.5) is 4.79 Å². The minimum absolute atomic E-state index is 0.298. The van der Waals surface area contributed by atoms with Gasteiger partial charge < -0.3 is 9.47 Å². The molecule has 0 saturated carbocycles. The molecule has 0 radical (unpaired) electrons. The van der Waals surface area contributed by atoms with Crippen molar-refractivity contribution in [2.45, 2.75) is 20.3 Å². The summed E-state index contributed by atoms with van der Waals surface area (Å²) in [5.74, 6) is 0. The van der Waals surface area contributed by atoms with E-state index in [1.807, 2.05) is 13.0 Å². The summed E-state index contributed by atoms with van der Waals surface area (Å²) >= 11 is 0. The standard InChI is InChI=1S/C8H14O3/c1-3-5-6-7-11-8(9)10-4-2/h5-6H,3-4,7H2,1-2H3/b6-5+. The van der Waals surface area contributed by atoms with Crippen molar-refractivity contribution >= 4 is 6.16 Å². The maximum absolute atomic E-state index is 10.5. The van der Waals surface area contributed by atoms with Crippen molar-refractivity contribution < 1.29 is 14.3 Å². The molecule has 64 valence electrons. The van der Waals surface area contributed by atoms with E-state index in [1.165, 1.54) is 0 Å². The molecule has 0 aliphatic carbocycles. The second kappa shape index (κ2) is 7.12. The normalized spacial score (nSPS) is 10.0. The fraction of sp³-hybridized carbons (Fsp3) is 0.625. The quantitative estimate of drug-likeness (QED) is 0.464. The highest BCUT2D eigenvalue weighted by Gasteiger charge is 1.97. The van der Waals surface area contributed by atoms with E-state index in [-0.39, 0.29) is 0 Å². The Labute approximate surface area is 67.0 Å². The van der Waals surface area contributed by atoms with Gasteiger partial charge in [-0.1, -0.05) is 19.1 Å². The number of carbonyl (C=O) groups excluding carboxylic acids is 1. The van der Waals surface area contributed by atoms with Gasteiger partial charge in [-0.3, -0.25) is 0 Å². The van der Waals surface area contributed by atoms with Crippen molar-refractivity contribution in [3.63, 3.8) is 0 Å². The summed E-state index contributed by atoms with van der Waals surface area (Å²) in [6.45, 7) is 4.41. The lowest BCUT2D eigenvalue weighted by atomic mass is 10.4. The molecule has 3 heteroatoms. The third-order valence-electron chi connectivity index (χ3n) is 0.962. The van der Waals surface area contributed by atoms with Crippen LogP contribution in [0.15, 0.2) is 12.2 Å². The summed E-state index contributed by atoms with van der Waals surface area (Å²) in [5.41, 5.74) is 0. The van der Waals surface area contributed by atoms with Gasteiger partial charge in [0.15, 0.2) is 0 Å². The number of allylic oxidation sites excluding steroid dienone is 1. The topological polar surface area (TPSA) is 35.5 Å². The van der Waals surface area contributed by atoms with Gasteiger partial charge in [0.05, 0.1) is 6.61 Å². The van der Waals surface area contributed by atoms with Crippen LogP contribution >= 0.6 is 0 Å². The van der Waals surface area contributed by atoms with Crippen molar-refractivity contribution in [2.75, 3.05) is 13.2 Å². The second-order valence-electron chi connectivity index (χ2n) is 1.87. The summed E-state index contributed by atoms with van der Waals surface area (Å²) in [4.78, 5) is 10.5. The van der Waals surface area contributed by atoms with Crippen LogP contribution in [0.2, 0.25) is 0 Å². The Hall–Kier alpha value is -0.990. The molecule has 0 heterocycles. The first kappa shape index (κ1) is 10.0. The van der Waals surface area contributed by atoms with Crippen LogP contribution in [0.1, 0.15) is 20.3 Å². The molecule has 11 heavy (non-hydrogen) atoms. The molecule has 3 nitrogen and oxygen atoms in total. The van der Waals surface area contributed by atoms with Crippen LogP contribution in [-0.2, 0) is 9.47 Å². The fourth-order valence-corrected chi connectivity index (χ4v) is 0.510. The summed E-state index contributed by atoms with van der Waals surface area (Å²) in [6.07, 6.45) is 4.07. The van der Waals surface area contributed by atoms with Gasteiger partial charge >= 0.3 is 6.16 Å². The zero-order valence-corrected chi connectivity index (χ0v) is 7.00. The van der Waals surface area contributed by atoms with Crippen molar-refractivity contribution in [3.05, 3.63) is 12.2 Å². The maximum Gasteiger partial charge on any atom is 0.508 e. The van der Waals surface area contributed by atoms with Crippen molar-refractivity contribution in [1.82, 2.24) is 0 Å². The van der Waals surface area contributed by atoms with Gasteiger partial charge in [0.25, 0.3) is 0 Å². The average molecular weight is 158 g/mol. The van der Waals surface area contributed by atoms with Crippen molar-refractivity contribution in [2.24, 2.45) is 0 Å². The number of hydrogen-bond acceptors (Lipinski definition) is 3. The highest BCUT2D eigenvalue weighted by Crippen LogP contribution is 1.86. The second-order valence-corrected chi connectivity index (χ2v) is 1.87. The number of carbonyl (C=O) groups is 1. The van der Waals surface area contributed by atoms with Crippen LogP contribution in [0.25, 0.3) is 0 Å². The molecular formula is C8H14O3. The van der Waals surface area contributed by atoms with Crippen molar-refractivity contribution in [3.8, 4) is 0 Å². The SMILES string of the molecule is CC/C=C/COC(=O)OCC. The average Bonchev–Trinajstić information content (AvgIpc) is 1.99. The molecule has 0 aliphatic heterocycles. The number of rotatable bonds is 4. The Kier molecular flexibility index (Phi) is 6.48. The lowest BCUT2D eigenvalue weighted by Gasteiger charge is -1.99. The van der Waals surface area contributed by atoms with E-state index in [1.54, 1.807) is 13.0 Å². The summed E-state index contributed by atoms with van der Waals surface area (Å²) in [6, 6.07) is 0. The zero-order chi connectivity index (χ0) is 8.53. The highest BCUT2D eigenvalue weighted by molar-refractivity contribution is 5.59. The molecule has 0 N–H and O–H groups in total. The maximum atomic E-state index is 10.5. The van der Waals surface area contributed by atoms with E-state index in [9.17, 15) is 4.79 Å². The minimum Gasteiger partial charge on any atom is -0.435 e. The molecule has 0 aliphatic rings. The van der Waals surface area contributed by atoms with Crippen LogP contribution < -0.4 is 0 Å². The lowest BCUT2D eigenvalue weighted by molar-refractivity contribution is 0.0673. The van der Waals surface area contributed by atoms with Crippen LogP contribution in [0.3, 0.4) is 0 Å². The van der Waals surface area contributed by atoms with Gasteiger partial charge in [0.1, 0.15) is 6.61 Å². The zero-order valence-electron chi connectivity index (χ0n) is 7.00. The third kappa shape index (κ3) is 6.90. The fourth-order valence-electron chi connectivity index (χ4n) is 0.510. The van der Waals surface area contributed by atoms with Gasteiger partial charge in [0, 0.05) is 0 Å². The summed E-state index contributed by atoms with van der Waals surface area (Å²) in [7, 11) is 0. The van der Waals surface area contributed by atoms with E-state index < -0.39 is 6.16 Å². The Morgan fingerprint density at radius 3 is 2.55 bits per heavy atom. The van der Waals surface area contributed by atoms with Gasteiger partial charge in [0.2, 0.25) is 0 Å². The van der Waals surface area contributed by atoms with Crippen LogP contribution in [-0.4, -0.2) is 19.4 Å². The molecule has 0 aromatic heterocycles. The molecule has 0 bridgehead atoms. The Bertz CT molecular complexity index is 129. The number of ether oxygens (including phenoxy) is 2. The molecule has 0 rings (SSSR count). The number of hydrogen-bond donors (Lipinski definition) is 0. The molecule has 0 aromatic carbocycles. The smallest absolute Gasteiger partial charge is 0.435 e. The van der Waals surface area contributed by atoms with Crippen molar-refractivity contribution in [1.29, 1.82) is 0 Å². The monoisotopic (exact) mass is 158 g/mol. The lowest BCUT2D eigenvalue weighted by Crippen LogP contribution is -2.06. The first-order valence-electron chi connectivity index (χ1n) is 3.75. The molecule has 0 atom stereocenters. The van der Waals surface area contributed by atoms with E-state index in [0.717, 1.165) is 6.42 Å². The van der Waals surface area contributed by atoms with Gasteiger partial charge in [-0.25, -0.2) is 4.79 Å². The highest BCUT2D eigenvalue weighted by atomic mass is 16.7. The largest absolute Gasteiger partial charge is 0.508 e. The summed E-state index contributed by atoms with van der Waals surface area (Å²) in [5, 5.41) is 0. The van der Waals surface area contributed by atoms with E-state index in [2.05, 4.69) is 9.47 Å².